The van der Waals surface area contributed by atoms with Gasteiger partial charge < -0.3 is 61.6 Å². The summed E-state index contributed by atoms with van der Waals surface area (Å²) in [6.07, 6.45) is 42.3. The highest BCUT2D eigenvalue weighted by atomic mass is 16.6. The molecule has 0 bridgehead atoms. The van der Waals surface area contributed by atoms with Gasteiger partial charge in [-0.25, -0.2) is 24.0 Å². The first-order valence-electron chi connectivity index (χ1n) is 41.1. The molecule has 0 N–H and O–H groups in total. The van der Waals surface area contributed by atoms with Gasteiger partial charge in [-0.15, -0.1) is 0 Å². The van der Waals surface area contributed by atoms with Gasteiger partial charge in [-0.1, -0.05) is 85.4 Å². The number of hydrogen-bond donors (Lipinski definition) is 0. The fourth-order valence-corrected chi connectivity index (χ4v) is 12.7. The van der Waals surface area contributed by atoms with Crippen LogP contribution in [0.25, 0.3) is 0 Å². The summed E-state index contributed by atoms with van der Waals surface area (Å²) < 4.78 is 66.2. The van der Waals surface area contributed by atoms with E-state index in [9.17, 15) is 45.0 Å². The van der Waals surface area contributed by atoms with Gasteiger partial charge in [0.05, 0.1) is 33.0 Å². The van der Waals surface area contributed by atoms with E-state index in [2.05, 4.69) is 6.92 Å². The van der Waals surface area contributed by atoms with Crippen LogP contribution in [-0.4, -0.2) is 172 Å². The number of carbonyl (C=O) groups is 5. The van der Waals surface area contributed by atoms with E-state index in [1.165, 1.54) is 27.9 Å². The molecule has 0 saturated heterocycles. The van der Waals surface area contributed by atoms with Crippen LogP contribution in [0.4, 0.5) is 0 Å². The van der Waals surface area contributed by atoms with E-state index in [0.29, 0.717) is 52.7 Å². The number of nitrogens with zero attached hydrogens (tertiary/aromatic N) is 5. The first-order valence-corrected chi connectivity index (χ1v) is 41.1. The summed E-state index contributed by atoms with van der Waals surface area (Å²) in [4.78, 5) is 60.0. The Kier molecular flexibility index (Phi) is 63.2. The van der Waals surface area contributed by atoms with Crippen molar-refractivity contribution in [3.8, 4) is 30.3 Å². The summed E-state index contributed by atoms with van der Waals surface area (Å²) in [5, 5.41) is 46.4. The van der Waals surface area contributed by atoms with Gasteiger partial charge in [0.15, 0.2) is 0 Å². The van der Waals surface area contributed by atoms with E-state index in [0.717, 1.165) is 266 Å². The largest absolute Gasteiger partial charge is 0.462 e. The smallest absolute Gasteiger partial charge is 0.349 e. The van der Waals surface area contributed by atoms with Crippen molar-refractivity contribution in [1.29, 1.82) is 26.3 Å². The highest BCUT2D eigenvalue weighted by Gasteiger charge is 2.24. The third-order valence-electron chi connectivity index (χ3n) is 18.6. The Bertz CT molecular complexity index is 3280. The Morgan fingerprint density at radius 2 is 0.566 bits per heavy atom. The number of esters is 5. The predicted octanol–water partition coefficient (Wildman–Crippen LogP) is 17.9. The van der Waals surface area contributed by atoms with Crippen LogP contribution in [0.1, 0.15) is 247 Å². The first-order chi connectivity index (χ1) is 55.0. The van der Waals surface area contributed by atoms with Crippen molar-refractivity contribution in [2.24, 2.45) is 5.92 Å². The molecule has 0 saturated carbocycles. The van der Waals surface area contributed by atoms with Gasteiger partial charge in [0.25, 0.3) is 0 Å². The molecular formula is C90H135N5O18. The topological polar surface area (TPSA) is 324 Å². The zero-order chi connectivity index (χ0) is 83.3. The Balaban J connectivity index is 0.000000707. The normalized spacial score (nSPS) is 16.6. The van der Waals surface area contributed by atoms with Crippen molar-refractivity contribution in [2.45, 2.75) is 247 Å². The monoisotopic (exact) mass is 1570 g/mol. The number of methoxy groups -OCH3 is 6. The van der Waals surface area contributed by atoms with E-state index in [1.54, 1.807) is 49.6 Å². The zero-order valence-corrected chi connectivity index (χ0v) is 70.5. The van der Waals surface area contributed by atoms with Crippen molar-refractivity contribution in [3.63, 3.8) is 0 Å². The van der Waals surface area contributed by atoms with Crippen LogP contribution >= 0.6 is 0 Å². The van der Waals surface area contributed by atoms with Crippen molar-refractivity contribution in [2.75, 3.05) is 142 Å². The van der Waals surface area contributed by atoms with E-state index in [1.807, 2.05) is 81.5 Å². The van der Waals surface area contributed by atoms with Gasteiger partial charge in [-0.05, 0) is 247 Å². The molecule has 5 aliphatic carbocycles. The molecule has 0 aromatic carbocycles. The van der Waals surface area contributed by atoms with Crippen molar-refractivity contribution < 1.29 is 85.6 Å². The Morgan fingerprint density at radius 3 is 0.823 bits per heavy atom. The lowest BCUT2D eigenvalue weighted by Crippen LogP contribution is -2.14. The Labute approximate surface area is 677 Å². The molecule has 0 amide bonds. The maximum atomic E-state index is 12.2. The Hall–Kier alpha value is -8.12. The highest BCUT2D eigenvalue weighted by molar-refractivity contribution is 5.96. The molecule has 0 fully saturated rings. The number of carbonyl (C=O) groups excluding carboxylic acids is 5. The maximum Gasteiger partial charge on any atom is 0.349 e. The predicted molar refractivity (Wildman–Crippen MR) is 436 cm³/mol. The third kappa shape index (κ3) is 48.0. The van der Waals surface area contributed by atoms with Gasteiger partial charge in [0, 0.05) is 102 Å². The molecule has 23 nitrogen and oxygen atoms in total. The second-order valence-electron chi connectivity index (χ2n) is 28.2. The molecule has 23 heteroatoms. The van der Waals surface area contributed by atoms with Crippen molar-refractivity contribution in [1.82, 2.24) is 0 Å². The van der Waals surface area contributed by atoms with E-state index in [4.69, 9.17) is 66.8 Å². The molecule has 628 valence electrons. The number of hydrogen-bond acceptors (Lipinski definition) is 23. The minimum Gasteiger partial charge on any atom is -0.462 e. The van der Waals surface area contributed by atoms with Crippen LogP contribution < -0.4 is 0 Å². The van der Waals surface area contributed by atoms with Crippen LogP contribution in [0, 0.1) is 62.6 Å². The first kappa shape index (κ1) is 103. The SMILES string of the molecule is CCCCOCCOC(=O)/C(C#N)=C1\C=C(CCCCOC)CCC1.CCOC(=O)/C(C#N)=C1\C=C(CCCCOC)CCC1.CCOCCOC(=O)/C(C#N)=C1\C=C(CCCCOC)CCC1.COCCCCC1=C/C(=C(/C#N)C(=O)OCC(C)C)CCC1.COCCCCC1=C/C(=C(/C#N)C(=O)OCCCOC)CCC1. The van der Waals surface area contributed by atoms with Crippen LogP contribution in [0.15, 0.2) is 114 Å². The molecule has 5 rings (SSSR count). The van der Waals surface area contributed by atoms with E-state index in [-0.39, 0.29) is 53.6 Å². The summed E-state index contributed by atoms with van der Waals surface area (Å²) >= 11 is 0. The molecule has 0 spiro atoms. The molecule has 0 aromatic rings. The van der Waals surface area contributed by atoms with Crippen LogP contribution in [0.3, 0.4) is 0 Å². The van der Waals surface area contributed by atoms with Crippen LogP contribution in [0.5, 0.6) is 0 Å². The number of allylic oxidation sites excluding steroid dienone is 15. The average Bonchev–Trinajstić information content (AvgIpc) is 0.893. The third-order valence-corrected chi connectivity index (χ3v) is 18.6. The molecule has 0 aliphatic heterocycles. The number of unbranched alkanes of at least 4 members (excludes halogenated alkanes) is 6. The summed E-state index contributed by atoms with van der Waals surface area (Å²) in [6.45, 7) is 17.4. The van der Waals surface area contributed by atoms with Gasteiger partial charge >= 0.3 is 29.8 Å². The zero-order valence-electron chi connectivity index (χ0n) is 70.5. The van der Waals surface area contributed by atoms with Gasteiger partial charge in [-0.2, -0.15) is 26.3 Å². The molecule has 113 heavy (non-hydrogen) atoms. The second kappa shape index (κ2) is 69.4. The van der Waals surface area contributed by atoms with Crippen LogP contribution in [-0.2, 0) is 85.6 Å². The second-order valence-corrected chi connectivity index (χ2v) is 28.2. The van der Waals surface area contributed by atoms with Crippen molar-refractivity contribution in [3.05, 3.63) is 114 Å². The lowest BCUT2D eigenvalue weighted by Gasteiger charge is -2.16. The summed E-state index contributed by atoms with van der Waals surface area (Å²) in [7, 11) is 10.1. The Morgan fingerprint density at radius 1 is 0.301 bits per heavy atom. The number of ether oxygens (including phenoxy) is 13. The maximum absolute atomic E-state index is 12.2. The molecule has 0 aromatic heterocycles. The molecule has 5 aliphatic rings. The van der Waals surface area contributed by atoms with E-state index >= 15 is 0 Å². The molecule has 0 atom stereocenters. The minimum atomic E-state index is -0.543. The number of rotatable bonds is 47. The lowest BCUT2D eigenvalue weighted by atomic mass is 9.90. The standard InChI is InChI=1S/C20H31NO4.2C18H27NO4.C18H27NO3.C16H23NO3/c1-3-4-12-24-13-14-25-20(22)19(16-21)18-10-7-9-17(15-18)8-5-6-11-23-2;1-21-10-4-3-7-15-8-5-9-16(13-15)17(14-19)18(20)23-12-6-11-22-2;1-3-22-11-12-23-18(20)17(14-19)16-9-6-8-15(13-16)7-4-5-10-21-2;1-14(2)13-22-18(20)17(12-19)16-9-6-8-15(11-16)7-4-5-10-21-3;1-3-20-16(18)15(12-17)14-9-6-8-13(11-14)7-4-5-10-19-2/h15H,3-14H2,1-2H3;2*13H,3-12H2,1-2H3;11,14H,4-10,13H2,1-3H3;11H,3-10H2,1-2H3/b19-18-;3*17-16-;15-14-. The fraction of sp³-hybridized carbons (Fsp3) is 0.667. The van der Waals surface area contributed by atoms with Gasteiger partial charge in [-0.3, -0.25) is 0 Å². The molecule has 0 heterocycles. The molecule has 0 unspecified atom stereocenters. The summed E-state index contributed by atoms with van der Waals surface area (Å²) in [5.74, 6) is -2.31. The quantitative estimate of drug-likeness (QED) is 0.0180. The average molecular weight is 1580 g/mol. The lowest BCUT2D eigenvalue weighted by molar-refractivity contribution is -0.141. The summed E-state index contributed by atoms with van der Waals surface area (Å²) in [6, 6.07) is 10.1. The fourth-order valence-electron chi connectivity index (χ4n) is 12.7. The number of nitriles is 5. The minimum absolute atomic E-state index is 0.135. The van der Waals surface area contributed by atoms with Gasteiger partial charge in [0.2, 0.25) is 0 Å². The van der Waals surface area contributed by atoms with Gasteiger partial charge in [0.1, 0.15) is 71.4 Å². The molecule has 0 radical (unpaired) electrons. The van der Waals surface area contributed by atoms with Crippen LogP contribution in [0.2, 0.25) is 0 Å². The molecular weight excluding hydrogens is 1440 g/mol. The summed E-state index contributed by atoms with van der Waals surface area (Å²) in [5.41, 5.74) is 11.4. The van der Waals surface area contributed by atoms with Crippen molar-refractivity contribution >= 4 is 29.8 Å². The highest BCUT2D eigenvalue weighted by Crippen LogP contribution is 2.33. The van der Waals surface area contributed by atoms with E-state index < -0.39 is 29.8 Å².